The number of halogens is 1. The molecule has 4 nitrogen and oxygen atoms in total. The van der Waals surface area contributed by atoms with Crippen molar-refractivity contribution in [2.24, 2.45) is 0 Å². The van der Waals surface area contributed by atoms with Crippen LogP contribution < -0.4 is 10.1 Å². The SMILES string of the molecule is Cc1ccc(Cl)cc1NC(=O)COc1cccc(CO)c1. The summed E-state index contributed by atoms with van der Waals surface area (Å²) in [5.41, 5.74) is 2.33. The molecule has 0 aromatic heterocycles. The van der Waals surface area contributed by atoms with Gasteiger partial charge in [-0.1, -0.05) is 29.8 Å². The van der Waals surface area contributed by atoms with Crippen molar-refractivity contribution in [2.45, 2.75) is 13.5 Å². The van der Waals surface area contributed by atoms with E-state index in [4.69, 9.17) is 21.4 Å². The van der Waals surface area contributed by atoms with E-state index in [1.165, 1.54) is 0 Å². The normalized spacial score (nSPS) is 10.2. The number of amides is 1. The maximum absolute atomic E-state index is 11.9. The second-order valence-corrected chi connectivity index (χ2v) is 5.04. The van der Waals surface area contributed by atoms with E-state index in [9.17, 15) is 4.79 Å². The van der Waals surface area contributed by atoms with Crippen LogP contribution in [0.1, 0.15) is 11.1 Å². The highest BCUT2D eigenvalue weighted by atomic mass is 35.5. The van der Waals surface area contributed by atoms with Gasteiger partial charge in [0.05, 0.1) is 6.61 Å². The molecule has 0 spiro atoms. The first-order chi connectivity index (χ1) is 10.1. The summed E-state index contributed by atoms with van der Waals surface area (Å²) in [6, 6.07) is 12.3. The number of hydrogen-bond donors (Lipinski definition) is 2. The van der Waals surface area contributed by atoms with Crippen LogP contribution in [0.4, 0.5) is 5.69 Å². The molecule has 5 heteroatoms. The third-order valence-corrected chi connectivity index (χ3v) is 3.16. The van der Waals surface area contributed by atoms with Gasteiger partial charge in [0.15, 0.2) is 6.61 Å². The number of rotatable bonds is 5. The first kappa shape index (κ1) is 15.4. The molecule has 2 N–H and O–H groups in total. The minimum absolute atomic E-state index is 0.0644. The van der Waals surface area contributed by atoms with Gasteiger partial charge in [-0.15, -0.1) is 0 Å². The highest BCUT2D eigenvalue weighted by Crippen LogP contribution is 2.20. The summed E-state index contributed by atoms with van der Waals surface area (Å²) in [6.45, 7) is 1.71. The predicted octanol–water partition coefficient (Wildman–Crippen LogP) is 3.16. The second kappa shape index (κ2) is 7.11. The zero-order valence-electron chi connectivity index (χ0n) is 11.6. The number of carbonyl (C=O) groups is 1. The molecule has 1 amide bonds. The summed E-state index contributed by atoms with van der Waals surface area (Å²) in [4.78, 5) is 11.9. The van der Waals surface area contributed by atoms with E-state index in [2.05, 4.69) is 5.32 Å². The second-order valence-electron chi connectivity index (χ2n) is 4.60. The van der Waals surface area contributed by atoms with E-state index in [0.29, 0.717) is 16.5 Å². The number of aliphatic hydroxyl groups is 1. The maximum Gasteiger partial charge on any atom is 0.262 e. The molecule has 110 valence electrons. The van der Waals surface area contributed by atoms with Gasteiger partial charge in [-0.05, 0) is 42.3 Å². The fourth-order valence-corrected chi connectivity index (χ4v) is 1.97. The summed E-state index contributed by atoms with van der Waals surface area (Å²) in [5, 5.41) is 12.4. The van der Waals surface area contributed by atoms with Crippen LogP contribution in [-0.2, 0) is 11.4 Å². The molecule has 0 saturated heterocycles. The van der Waals surface area contributed by atoms with E-state index < -0.39 is 0 Å². The van der Waals surface area contributed by atoms with Crippen molar-refractivity contribution in [3.05, 3.63) is 58.6 Å². The summed E-state index contributed by atoms with van der Waals surface area (Å²) in [6.07, 6.45) is 0. The average molecular weight is 306 g/mol. The number of aryl methyl sites for hydroxylation is 1. The predicted molar refractivity (Wildman–Crippen MR) is 82.7 cm³/mol. The zero-order chi connectivity index (χ0) is 15.2. The molecule has 2 rings (SSSR count). The number of aliphatic hydroxyl groups excluding tert-OH is 1. The van der Waals surface area contributed by atoms with E-state index in [1.807, 2.05) is 13.0 Å². The molecular formula is C16H16ClNO3. The van der Waals surface area contributed by atoms with Gasteiger partial charge in [0.25, 0.3) is 5.91 Å². The van der Waals surface area contributed by atoms with Crippen LogP contribution in [0.15, 0.2) is 42.5 Å². The van der Waals surface area contributed by atoms with Gasteiger partial charge in [0.1, 0.15) is 5.75 Å². The van der Waals surface area contributed by atoms with Crippen molar-refractivity contribution in [3.8, 4) is 5.75 Å². The summed E-state index contributed by atoms with van der Waals surface area (Å²) in [5.74, 6) is 0.272. The summed E-state index contributed by atoms with van der Waals surface area (Å²) >= 11 is 5.90. The van der Waals surface area contributed by atoms with E-state index in [-0.39, 0.29) is 19.1 Å². The molecule has 0 aliphatic carbocycles. The van der Waals surface area contributed by atoms with Gasteiger partial charge in [-0.3, -0.25) is 4.79 Å². The molecule has 0 aliphatic heterocycles. The van der Waals surface area contributed by atoms with Crippen molar-refractivity contribution in [3.63, 3.8) is 0 Å². The van der Waals surface area contributed by atoms with Crippen molar-refractivity contribution in [1.82, 2.24) is 0 Å². The van der Waals surface area contributed by atoms with Crippen LogP contribution in [-0.4, -0.2) is 17.6 Å². The number of hydrogen-bond acceptors (Lipinski definition) is 3. The van der Waals surface area contributed by atoms with Crippen LogP contribution in [0.2, 0.25) is 5.02 Å². The molecule has 21 heavy (non-hydrogen) atoms. The van der Waals surface area contributed by atoms with Gasteiger partial charge < -0.3 is 15.2 Å². The third kappa shape index (κ3) is 4.48. The number of nitrogens with one attached hydrogen (secondary N) is 1. The average Bonchev–Trinajstić information content (AvgIpc) is 2.49. The standard InChI is InChI=1S/C16H16ClNO3/c1-11-5-6-13(17)8-15(11)18-16(20)10-21-14-4-2-3-12(7-14)9-19/h2-8,19H,9-10H2,1H3,(H,18,20). The molecule has 2 aromatic rings. The Bertz CT molecular complexity index is 643. The Kier molecular flexibility index (Phi) is 5.20. The minimum atomic E-state index is -0.269. The first-order valence-electron chi connectivity index (χ1n) is 6.47. The van der Waals surface area contributed by atoms with Crippen LogP contribution in [0.25, 0.3) is 0 Å². The van der Waals surface area contributed by atoms with Crippen molar-refractivity contribution in [1.29, 1.82) is 0 Å². The molecular weight excluding hydrogens is 290 g/mol. The lowest BCUT2D eigenvalue weighted by Gasteiger charge is -2.10. The maximum atomic E-state index is 11.9. The third-order valence-electron chi connectivity index (χ3n) is 2.92. The zero-order valence-corrected chi connectivity index (χ0v) is 12.4. The Morgan fingerprint density at radius 2 is 2.10 bits per heavy atom. The van der Waals surface area contributed by atoms with Crippen LogP contribution in [0, 0.1) is 6.92 Å². The van der Waals surface area contributed by atoms with Gasteiger partial charge in [-0.2, -0.15) is 0 Å². The lowest BCUT2D eigenvalue weighted by molar-refractivity contribution is -0.118. The smallest absolute Gasteiger partial charge is 0.262 e. The van der Waals surface area contributed by atoms with Gasteiger partial charge >= 0.3 is 0 Å². The lowest BCUT2D eigenvalue weighted by Crippen LogP contribution is -2.20. The molecule has 0 fully saturated rings. The molecule has 2 aromatic carbocycles. The molecule has 0 unspecified atom stereocenters. The number of carbonyl (C=O) groups excluding carboxylic acids is 1. The molecule has 0 saturated carbocycles. The Balaban J connectivity index is 1.94. The van der Waals surface area contributed by atoms with E-state index in [0.717, 1.165) is 11.1 Å². The van der Waals surface area contributed by atoms with Crippen LogP contribution >= 0.6 is 11.6 Å². The molecule has 0 bridgehead atoms. The molecule has 0 aliphatic rings. The Morgan fingerprint density at radius 1 is 1.29 bits per heavy atom. The fourth-order valence-electron chi connectivity index (χ4n) is 1.80. The Hall–Kier alpha value is -2.04. The number of benzene rings is 2. The fraction of sp³-hybridized carbons (Fsp3) is 0.188. The first-order valence-corrected chi connectivity index (χ1v) is 6.85. The topological polar surface area (TPSA) is 58.6 Å². The van der Waals surface area contributed by atoms with E-state index in [1.54, 1.807) is 36.4 Å². The largest absolute Gasteiger partial charge is 0.484 e. The minimum Gasteiger partial charge on any atom is -0.484 e. The molecule has 0 radical (unpaired) electrons. The summed E-state index contributed by atoms with van der Waals surface area (Å²) < 4.78 is 5.40. The highest BCUT2D eigenvalue weighted by molar-refractivity contribution is 6.31. The van der Waals surface area contributed by atoms with Gasteiger partial charge in [0, 0.05) is 10.7 Å². The van der Waals surface area contributed by atoms with Gasteiger partial charge in [-0.25, -0.2) is 0 Å². The number of anilines is 1. The van der Waals surface area contributed by atoms with Crippen molar-refractivity contribution in [2.75, 3.05) is 11.9 Å². The van der Waals surface area contributed by atoms with Crippen molar-refractivity contribution >= 4 is 23.2 Å². The molecule has 0 heterocycles. The number of ether oxygens (including phenoxy) is 1. The highest BCUT2D eigenvalue weighted by Gasteiger charge is 2.07. The lowest BCUT2D eigenvalue weighted by atomic mass is 10.2. The van der Waals surface area contributed by atoms with E-state index >= 15 is 0 Å². The quantitative estimate of drug-likeness (QED) is 0.892. The molecule has 0 atom stereocenters. The monoisotopic (exact) mass is 305 g/mol. The van der Waals surface area contributed by atoms with Crippen LogP contribution in [0.3, 0.4) is 0 Å². The Morgan fingerprint density at radius 3 is 2.86 bits per heavy atom. The Labute approximate surface area is 128 Å². The van der Waals surface area contributed by atoms with Crippen molar-refractivity contribution < 1.29 is 14.6 Å². The van der Waals surface area contributed by atoms with Gasteiger partial charge in [0.2, 0.25) is 0 Å². The summed E-state index contributed by atoms with van der Waals surface area (Å²) in [7, 11) is 0. The van der Waals surface area contributed by atoms with Crippen LogP contribution in [0.5, 0.6) is 5.75 Å².